The van der Waals surface area contributed by atoms with Gasteiger partial charge in [0.25, 0.3) is 0 Å². The summed E-state index contributed by atoms with van der Waals surface area (Å²) in [5.74, 6) is -0.832. The molecule has 0 bridgehead atoms. The summed E-state index contributed by atoms with van der Waals surface area (Å²) in [6.45, 7) is 2.00. The molecule has 0 aliphatic carbocycles. The Morgan fingerprint density at radius 3 is 2.70 bits per heavy atom. The zero-order chi connectivity index (χ0) is 21.1. The molecular weight excluding hydrogens is 396 g/mol. The van der Waals surface area contributed by atoms with E-state index in [2.05, 4.69) is 10.3 Å². The summed E-state index contributed by atoms with van der Waals surface area (Å²) >= 11 is 0. The molecule has 1 aromatic heterocycles. The first-order chi connectivity index (χ1) is 14.6. The standard InChI is InChI=1S/C20H23F2N5O3/c1-23-12-15-13-26(20(28)30-15)14-10-16(21)19(17(22)11-14)25-6-7-27(29-9-8-25)18-4-2-3-5-24-18/h2-5,10-11,15,23H,6-9,12-13H2,1H3/t15-/m0/s1. The summed E-state index contributed by atoms with van der Waals surface area (Å²) in [5, 5.41) is 4.54. The summed E-state index contributed by atoms with van der Waals surface area (Å²) in [6.07, 6.45) is 0.675. The fourth-order valence-corrected chi connectivity index (χ4v) is 3.63. The molecule has 1 amide bonds. The van der Waals surface area contributed by atoms with Crippen molar-refractivity contribution in [3.8, 4) is 0 Å². The number of nitrogens with zero attached hydrogens (tertiary/aromatic N) is 4. The van der Waals surface area contributed by atoms with E-state index in [1.54, 1.807) is 29.3 Å². The van der Waals surface area contributed by atoms with Gasteiger partial charge in [0.15, 0.2) is 17.5 Å². The number of halogens is 2. The van der Waals surface area contributed by atoms with Gasteiger partial charge in [-0.15, -0.1) is 0 Å². The van der Waals surface area contributed by atoms with Crippen LogP contribution in [0, 0.1) is 11.6 Å². The average molecular weight is 419 g/mol. The molecule has 1 aromatic carbocycles. The summed E-state index contributed by atoms with van der Waals surface area (Å²) in [6, 6.07) is 7.80. The third-order valence-electron chi connectivity index (χ3n) is 5.02. The number of anilines is 3. The molecular formula is C20H23F2N5O3. The van der Waals surface area contributed by atoms with E-state index in [0.29, 0.717) is 32.0 Å². The first kappa shape index (κ1) is 20.3. The van der Waals surface area contributed by atoms with E-state index in [1.807, 2.05) is 12.1 Å². The van der Waals surface area contributed by atoms with E-state index < -0.39 is 17.7 Å². The topological polar surface area (TPSA) is 70.2 Å². The Hall–Kier alpha value is -2.98. The van der Waals surface area contributed by atoms with Gasteiger partial charge in [-0.25, -0.2) is 23.6 Å². The van der Waals surface area contributed by atoms with Gasteiger partial charge < -0.3 is 15.0 Å². The zero-order valence-electron chi connectivity index (χ0n) is 16.6. The Bertz CT molecular complexity index is 878. The molecule has 4 rings (SSSR count). The molecule has 2 saturated heterocycles. The molecule has 1 atom stereocenters. The lowest BCUT2D eigenvalue weighted by atomic mass is 10.2. The molecule has 3 heterocycles. The molecule has 160 valence electrons. The van der Waals surface area contributed by atoms with Crippen LogP contribution in [0.4, 0.5) is 30.8 Å². The van der Waals surface area contributed by atoms with Crippen molar-refractivity contribution in [3.63, 3.8) is 0 Å². The smallest absolute Gasteiger partial charge is 0.414 e. The second-order valence-electron chi connectivity index (χ2n) is 7.04. The quantitative estimate of drug-likeness (QED) is 0.797. The summed E-state index contributed by atoms with van der Waals surface area (Å²) in [4.78, 5) is 24.8. The van der Waals surface area contributed by atoms with Crippen LogP contribution < -0.4 is 20.2 Å². The number of carbonyl (C=O) groups excluding carboxylic acids is 1. The van der Waals surface area contributed by atoms with Crippen molar-refractivity contribution in [2.75, 3.05) is 61.2 Å². The molecule has 0 saturated carbocycles. The molecule has 0 spiro atoms. The summed E-state index contributed by atoms with van der Waals surface area (Å²) in [5.41, 5.74) is 0.00287. The summed E-state index contributed by atoms with van der Waals surface area (Å²) < 4.78 is 35.1. The number of rotatable bonds is 5. The van der Waals surface area contributed by atoms with E-state index in [0.717, 1.165) is 0 Å². The van der Waals surface area contributed by atoms with E-state index in [1.165, 1.54) is 17.0 Å². The zero-order valence-corrected chi connectivity index (χ0v) is 16.6. The predicted molar refractivity (Wildman–Crippen MR) is 108 cm³/mol. The minimum absolute atomic E-state index is 0.135. The lowest BCUT2D eigenvalue weighted by Crippen LogP contribution is -2.32. The van der Waals surface area contributed by atoms with Crippen LogP contribution >= 0.6 is 0 Å². The normalized spacial score (nSPS) is 19.8. The number of cyclic esters (lactones) is 1. The van der Waals surface area contributed by atoms with Crippen LogP contribution in [0.25, 0.3) is 0 Å². The maximum Gasteiger partial charge on any atom is 0.414 e. The number of benzene rings is 1. The van der Waals surface area contributed by atoms with Gasteiger partial charge in [-0.2, -0.15) is 0 Å². The molecule has 0 unspecified atom stereocenters. The van der Waals surface area contributed by atoms with Crippen LogP contribution in [0.2, 0.25) is 0 Å². The van der Waals surface area contributed by atoms with Gasteiger partial charge in [-0.05, 0) is 19.2 Å². The van der Waals surface area contributed by atoms with Crippen LogP contribution in [-0.2, 0) is 9.57 Å². The molecule has 2 aromatic rings. The molecule has 1 N–H and O–H groups in total. The summed E-state index contributed by atoms with van der Waals surface area (Å²) in [7, 11) is 1.74. The highest BCUT2D eigenvalue weighted by Crippen LogP contribution is 2.31. The van der Waals surface area contributed by atoms with Gasteiger partial charge in [0.2, 0.25) is 0 Å². The number of hydroxylamine groups is 1. The average Bonchev–Trinajstić information content (AvgIpc) is 2.94. The van der Waals surface area contributed by atoms with Gasteiger partial charge in [0.05, 0.1) is 25.4 Å². The number of likely N-dealkylation sites (N-methyl/N-ethyl adjacent to an activating group) is 1. The minimum Gasteiger partial charge on any atom is -0.443 e. The number of hydrogen-bond donors (Lipinski definition) is 1. The SMILES string of the molecule is CNC[C@H]1CN(c2cc(F)c(N3CCON(c4ccccn4)CC3)c(F)c2)C(=O)O1. The first-order valence-electron chi connectivity index (χ1n) is 9.75. The fraction of sp³-hybridized carbons (Fsp3) is 0.400. The highest BCUT2D eigenvalue weighted by molar-refractivity contribution is 5.90. The number of pyridine rings is 1. The monoisotopic (exact) mass is 419 g/mol. The van der Waals surface area contributed by atoms with Crippen LogP contribution in [0.1, 0.15) is 0 Å². The molecule has 2 aliphatic heterocycles. The largest absolute Gasteiger partial charge is 0.443 e. The number of nitrogens with one attached hydrogen (secondary N) is 1. The number of ether oxygens (including phenoxy) is 1. The molecule has 2 fully saturated rings. The van der Waals surface area contributed by atoms with E-state index in [-0.39, 0.29) is 30.6 Å². The van der Waals surface area contributed by atoms with Crippen molar-refractivity contribution in [1.29, 1.82) is 0 Å². The van der Waals surface area contributed by atoms with E-state index >= 15 is 0 Å². The fourth-order valence-electron chi connectivity index (χ4n) is 3.63. The van der Waals surface area contributed by atoms with Crippen LogP contribution in [0.15, 0.2) is 36.5 Å². The van der Waals surface area contributed by atoms with Crippen molar-refractivity contribution in [2.24, 2.45) is 0 Å². The Labute approximate surface area is 172 Å². The van der Waals surface area contributed by atoms with E-state index in [4.69, 9.17) is 9.57 Å². The highest BCUT2D eigenvalue weighted by atomic mass is 19.1. The third-order valence-corrected chi connectivity index (χ3v) is 5.02. The predicted octanol–water partition coefficient (Wildman–Crippen LogP) is 2.16. The lowest BCUT2D eigenvalue weighted by Gasteiger charge is -2.24. The van der Waals surface area contributed by atoms with Gasteiger partial charge in [-0.1, -0.05) is 6.07 Å². The molecule has 2 aliphatic rings. The van der Waals surface area contributed by atoms with Gasteiger partial charge >= 0.3 is 6.09 Å². The number of aromatic nitrogens is 1. The lowest BCUT2D eigenvalue weighted by molar-refractivity contribution is 0.124. The van der Waals surface area contributed by atoms with Crippen molar-refractivity contribution in [2.45, 2.75) is 6.10 Å². The van der Waals surface area contributed by atoms with Crippen LogP contribution in [-0.4, -0.2) is 63.6 Å². The van der Waals surface area contributed by atoms with Crippen molar-refractivity contribution >= 4 is 23.3 Å². The second-order valence-corrected chi connectivity index (χ2v) is 7.04. The van der Waals surface area contributed by atoms with Crippen LogP contribution in [0.3, 0.4) is 0 Å². The van der Waals surface area contributed by atoms with E-state index in [9.17, 15) is 13.6 Å². The Kier molecular flexibility index (Phi) is 5.96. The Morgan fingerprint density at radius 2 is 2.00 bits per heavy atom. The molecule has 8 nitrogen and oxygen atoms in total. The first-order valence-corrected chi connectivity index (χ1v) is 9.75. The van der Waals surface area contributed by atoms with Gasteiger partial charge in [0.1, 0.15) is 11.8 Å². The van der Waals surface area contributed by atoms with Gasteiger partial charge in [0, 0.05) is 38.0 Å². The van der Waals surface area contributed by atoms with Crippen LogP contribution in [0.5, 0.6) is 0 Å². The minimum atomic E-state index is -0.735. The van der Waals surface area contributed by atoms with Crippen molar-refractivity contribution in [1.82, 2.24) is 10.3 Å². The molecule has 10 heteroatoms. The molecule has 30 heavy (non-hydrogen) atoms. The second kappa shape index (κ2) is 8.80. The van der Waals surface area contributed by atoms with Crippen molar-refractivity contribution in [3.05, 3.63) is 48.2 Å². The number of amides is 1. The highest BCUT2D eigenvalue weighted by Gasteiger charge is 2.33. The Balaban J connectivity index is 1.50. The number of carbonyl (C=O) groups is 1. The molecule has 0 radical (unpaired) electrons. The van der Waals surface area contributed by atoms with Crippen molar-refractivity contribution < 1.29 is 23.1 Å². The number of hydrogen-bond acceptors (Lipinski definition) is 7. The van der Waals surface area contributed by atoms with Gasteiger partial charge in [-0.3, -0.25) is 9.74 Å². The maximum atomic E-state index is 14.9. The third kappa shape index (κ3) is 4.14. The Morgan fingerprint density at radius 1 is 1.20 bits per heavy atom. The maximum absolute atomic E-state index is 14.9.